The van der Waals surface area contributed by atoms with Crippen LogP contribution in [0.4, 0.5) is 0 Å². The Morgan fingerprint density at radius 3 is 2.74 bits per heavy atom. The van der Waals surface area contributed by atoms with Crippen molar-refractivity contribution in [2.75, 3.05) is 0 Å². The minimum Gasteiger partial charge on any atom is -0.332 e. The van der Waals surface area contributed by atoms with Crippen LogP contribution in [0, 0.1) is 6.92 Å². The van der Waals surface area contributed by atoms with Crippen LogP contribution in [0.25, 0.3) is 0 Å². The van der Waals surface area contributed by atoms with Crippen LogP contribution in [-0.2, 0) is 16.4 Å². The molecule has 2 N–H and O–H groups in total. The molecule has 0 bridgehead atoms. The number of thiophene rings is 1. The number of aryl methyl sites for hydroxylation is 2. The molecule has 0 aliphatic rings. The second kappa shape index (κ2) is 5.44. The predicted octanol–water partition coefficient (Wildman–Crippen LogP) is 2.38. The summed E-state index contributed by atoms with van der Waals surface area (Å²) in [4.78, 5) is 8.98. The lowest BCUT2D eigenvalue weighted by Crippen LogP contribution is -2.26. The van der Waals surface area contributed by atoms with E-state index >= 15 is 0 Å². The lowest BCUT2D eigenvalue weighted by molar-refractivity contribution is 0.565. The van der Waals surface area contributed by atoms with Crippen molar-refractivity contribution in [2.45, 2.75) is 38.3 Å². The molecule has 0 saturated carbocycles. The zero-order valence-corrected chi connectivity index (χ0v) is 12.7. The van der Waals surface area contributed by atoms with Crippen molar-refractivity contribution in [3.8, 4) is 0 Å². The zero-order chi connectivity index (χ0) is 14.0. The van der Waals surface area contributed by atoms with Crippen molar-refractivity contribution in [3.63, 3.8) is 0 Å². The molecule has 0 aromatic carbocycles. The molecule has 0 aliphatic carbocycles. The number of aromatic amines is 1. The highest BCUT2D eigenvalue weighted by Crippen LogP contribution is 2.23. The zero-order valence-electron chi connectivity index (χ0n) is 11.1. The van der Waals surface area contributed by atoms with Gasteiger partial charge in [-0.2, -0.15) is 0 Å². The molecule has 2 aromatic heterocycles. The number of nitrogens with zero attached hydrogens (tertiary/aromatic N) is 1. The number of imidazole rings is 1. The first-order valence-corrected chi connectivity index (χ1v) is 8.35. The number of rotatable bonds is 5. The molecule has 0 fully saturated rings. The summed E-state index contributed by atoms with van der Waals surface area (Å²) in [5, 5.41) is 0.115. The van der Waals surface area contributed by atoms with E-state index in [1.54, 1.807) is 11.3 Å². The molecular formula is C12H17N3O2S2. The Morgan fingerprint density at radius 1 is 1.47 bits per heavy atom. The quantitative estimate of drug-likeness (QED) is 0.890. The van der Waals surface area contributed by atoms with E-state index in [-0.39, 0.29) is 11.1 Å². The first-order chi connectivity index (χ1) is 8.92. The molecule has 5 nitrogen and oxygen atoms in total. The summed E-state index contributed by atoms with van der Waals surface area (Å²) in [5.41, 5.74) is 0. The van der Waals surface area contributed by atoms with Crippen LogP contribution >= 0.6 is 11.3 Å². The van der Waals surface area contributed by atoms with Gasteiger partial charge in [0.25, 0.3) is 10.0 Å². The van der Waals surface area contributed by atoms with E-state index in [1.807, 2.05) is 32.9 Å². The third kappa shape index (κ3) is 3.23. The molecule has 0 aliphatic heterocycles. The molecule has 1 unspecified atom stereocenters. The first kappa shape index (κ1) is 14.2. The van der Waals surface area contributed by atoms with Gasteiger partial charge >= 0.3 is 0 Å². The highest BCUT2D eigenvalue weighted by molar-refractivity contribution is 7.89. The molecule has 0 radical (unpaired) electrons. The van der Waals surface area contributed by atoms with Gasteiger partial charge in [0, 0.05) is 16.2 Å². The molecular weight excluding hydrogens is 282 g/mol. The van der Waals surface area contributed by atoms with Crippen LogP contribution in [0.5, 0.6) is 0 Å². The van der Waals surface area contributed by atoms with Gasteiger partial charge in [-0.25, -0.2) is 18.1 Å². The fourth-order valence-corrected chi connectivity index (χ4v) is 3.82. The Bertz CT molecular complexity index is 658. The van der Waals surface area contributed by atoms with Gasteiger partial charge in [-0.3, -0.25) is 0 Å². The van der Waals surface area contributed by atoms with Gasteiger partial charge in [0.2, 0.25) is 0 Å². The van der Waals surface area contributed by atoms with Gasteiger partial charge in [-0.05, 0) is 26.0 Å². The lowest BCUT2D eigenvalue weighted by atomic mass is 10.3. The van der Waals surface area contributed by atoms with Crippen molar-refractivity contribution in [1.82, 2.24) is 14.7 Å². The number of H-pyrrole nitrogens is 1. The summed E-state index contributed by atoms with van der Waals surface area (Å²) in [5.74, 6) is 0.667. The summed E-state index contributed by atoms with van der Waals surface area (Å²) in [6.07, 6.45) is 2.03. The Hall–Kier alpha value is -1.18. The number of aromatic nitrogens is 2. The van der Waals surface area contributed by atoms with Gasteiger partial charge in [-0.15, -0.1) is 11.3 Å². The Labute approximate surface area is 117 Å². The standard InChI is InChI=1S/C12H17N3O2S2/c1-4-11-13-7-12(14-11)19(16,17)15-9(3)10-6-5-8(2)18-10/h5-7,9,15H,4H2,1-3H3,(H,13,14). The molecule has 0 amide bonds. The first-order valence-electron chi connectivity index (χ1n) is 6.05. The van der Waals surface area contributed by atoms with Gasteiger partial charge in [-0.1, -0.05) is 6.92 Å². The van der Waals surface area contributed by atoms with Gasteiger partial charge in [0.15, 0.2) is 5.03 Å². The van der Waals surface area contributed by atoms with E-state index in [9.17, 15) is 8.42 Å². The molecule has 104 valence electrons. The van der Waals surface area contributed by atoms with Crippen molar-refractivity contribution in [2.24, 2.45) is 0 Å². The maximum Gasteiger partial charge on any atom is 0.258 e. The molecule has 0 spiro atoms. The van der Waals surface area contributed by atoms with E-state index in [0.717, 1.165) is 9.75 Å². The fraction of sp³-hybridized carbons (Fsp3) is 0.417. The SMILES string of the molecule is CCc1ncc(S(=O)(=O)NC(C)c2ccc(C)s2)[nH]1. The number of sulfonamides is 1. The normalized spacial score (nSPS) is 13.6. The topological polar surface area (TPSA) is 74.8 Å². The molecule has 0 saturated heterocycles. The second-order valence-electron chi connectivity index (χ2n) is 4.34. The number of nitrogens with one attached hydrogen (secondary N) is 2. The minimum absolute atomic E-state index is 0.115. The summed E-state index contributed by atoms with van der Waals surface area (Å²) in [6.45, 7) is 5.75. The highest BCUT2D eigenvalue weighted by atomic mass is 32.2. The fourth-order valence-electron chi connectivity index (χ4n) is 1.70. The highest BCUT2D eigenvalue weighted by Gasteiger charge is 2.21. The van der Waals surface area contributed by atoms with Crippen molar-refractivity contribution < 1.29 is 8.42 Å². The van der Waals surface area contributed by atoms with E-state index in [2.05, 4.69) is 14.7 Å². The second-order valence-corrected chi connectivity index (χ2v) is 7.34. The molecule has 7 heteroatoms. The predicted molar refractivity (Wildman–Crippen MR) is 75.8 cm³/mol. The number of hydrogen-bond acceptors (Lipinski definition) is 4. The van der Waals surface area contributed by atoms with Crippen LogP contribution in [0.3, 0.4) is 0 Å². The summed E-state index contributed by atoms with van der Waals surface area (Å²) >= 11 is 1.59. The summed E-state index contributed by atoms with van der Waals surface area (Å²) in [6, 6.07) is 3.67. The third-order valence-electron chi connectivity index (χ3n) is 2.75. The van der Waals surface area contributed by atoms with Crippen molar-refractivity contribution in [3.05, 3.63) is 33.9 Å². The maximum absolute atomic E-state index is 12.2. The Morgan fingerprint density at radius 2 is 2.21 bits per heavy atom. The Balaban J connectivity index is 2.17. The summed E-state index contributed by atoms with van der Waals surface area (Å²) < 4.78 is 27.0. The van der Waals surface area contributed by atoms with Crippen LogP contribution in [0.2, 0.25) is 0 Å². The number of hydrogen-bond donors (Lipinski definition) is 2. The van der Waals surface area contributed by atoms with E-state index in [0.29, 0.717) is 12.2 Å². The molecule has 2 heterocycles. The lowest BCUT2D eigenvalue weighted by Gasteiger charge is -2.11. The van der Waals surface area contributed by atoms with Crippen LogP contribution in [-0.4, -0.2) is 18.4 Å². The average Bonchev–Trinajstić information content (AvgIpc) is 2.96. The third-order valence-corrected chi connectivity index (χ3v) is 5.38. The molecule has 2 aromatic rings. The largest absolute Gasteiger partial charge is 0.332 e. The molecule has 2 rings (SSSR count). The van der Waals surface area contributed by atoms with Crippen molar-refractivity contribution >= 4 is 21.4 Å². The Kier molecular flexibility index (Phi) is 4.07. The molecule has 19 heavy (non-hydrogen) atoms. The van der Waals surface area contributed by atoms with Crippen molar-refractivity contribution in [1.29, 1.82) is 0 Å². The van der Waals surface area contributed by atoms with Crippen LogP contribution in [0.15, 0.2) is 23.4 Å². The monoisotopic (exact) mass is 299 g/mol. The maximum atomic E-state index is 12.2. The minimum atomic E-state index is -3.55. The van der Waals surface area contributed by atoms with Gasteiger partial charge < -0.3 is 4.98 Å². The van der Waals surface area contributed by atoms with E-state index in [1.165, 1.54) is 6.20 Å². The van der Waals surface area contributed by atoms with Crippen LogP contribution < -0.4 is 4.72 Å². The van der Waals surface area contributed by atoms with Gasteiger partial charge in [0.1, 0.15) is 5.82 Å². The summed E-state index contributed by atoms with van der Waals surface area (Å²) in [7, 11) is -3.55. The van der Waals surface area contributed by atoms with Gasteiger partial charge in [0.05, 0.1) is 12.2 Å². The average molecular weight is 299 g/mol. The van der Waals surface area contributed by atoms with E-state index in [4.69, 9.17) is 0 Å². The van der Waals surface area contributed by atoms with Crippen LogP contribution in [0.1, 0.15) is 35.5 Å². The smallest absolute Gasteiger partial charge is 0.258 e. The molecule has 1 atom stereocenters. The van der Waals surface area contributed by atoms with E-state index < -0.39 is 10.0 Å².